The van der Waals surface area contributed by atoms with Gasteiger partial charge in [-0.25, -0.2) is 9.97 Å². The molecule has 1 amide bonds. The van der Waals surface area contributed by atoms with Crippen LogP contribution >= 0.6 is 0 Å². The molecular formula is C10H16N4O. The number of nitrogens with two attached hydrogens (primary N) is 1. The van der Waals surface area contributed by atoms with Crippen LogP contribution in [0.25, 0.3) is 0 Å². The molecule has 5 heteroatoms. The molecule has 0 aliphatic heterocycles. The number of carbonyl (C=O) groups is 1. The highest BCUT2D eigenvalue weighted by Gasteiger charge is 2.11. The van der Waals surface area contributed by atoms with E-state index >= 15 is 0 Å². The Kier molecular flexibility index (Phi) is 4.70. The van der Waals surface area contributed by atoms with Gasteiger partial charge >= 0.3 is 0 Å². The normalized spacial score (nSPS) is 12.1. The lowest BCUT2D eigenvalue weighted by molar-refractivity contribution is -0.117. The second-order valence-corrected chi connectivity index (χ2v) is 3.33. The first-order chi connectivity index (χ1) is 7.26. The quantitative estimate of drug-likeness (QED) is 0.749. The molecule has 1 unspecified atom stereocenters. The molecule has 3 N–H and O–H groups in total. The molecule has 1 atom stereocenters. The van der Waals surface area contributed by atoms with Gasteiger partial charge in [-0.1, -0.05) is 13.3 Å². The Balaban J connectivity index is 2.43. The first-order valence-corrected chi connectivity index (χ1v) is 5.03. The fraction of sp³-hybridized carbons (Fsp3) is 0.500. The van der Waals surface area contributed by atoms with E-state index in [1.165, 1.54) is 0 Å². The van der Waals surface area contributed by atoms with Gasteiger partial charge in [0.05, 0.1) is 0 Å². The van der Waals surface area contributed by atoms with Gasteiger partial charge in [-0.15, -0.1) is 0 Å². The Morgan fingerprint density at radius 3 is 2.73 bits per heavy atom. The Labute approximate surface area is 89.1 Å². The summed E-state index contributed by atoms with van der Waals surface area (Å²) in [6, 6.07) is 1.70. The summed E-state index contributed by atoms with van der Waals surface area (Å²) in [7, 11) is 0. The van der Waals surface area contributed by atoms with E-state index in [4.69, 9.17) is 5.73 Å². The molecule has 82 valence electrons. The van der Waals surface area contributed by atoms with Crippen LogP contribution in [0, 0.1) is 5.92 Å². The number of anilines is 1. The third-order valence-electron chi connectivity index (χ3n) is 2.20. The second kappa shape index (κ2) is 6.08. The highest BCUT2D eigenvalue weighted by molar-refractivity contribution is 5.88. The van der Waals surface area contributed by atoms with Crippen molar-refractivity contribution in [1.82, 2.24) is 9.97 Å². The summed E-state index contributed by atoms with van der Waals surface area (Å²) < 4.78 is 0. The number of aromatic nitrogens is 2. The maximum Gasteiger partial charge on any atom is 0.229 e. The smallest absolute Gasteiger partial charge is 0.229 e. The van der Waals surface area contributed by atoms with Crippen LogP contribution in [-0.2, 0) is 4.79 Å². The predicted octanol–water partition coefficient (Wildman–Crippen LogP) is 0.790. The van der Waals surface area contributed by atoms with Crippen molar-refractivity contribution in [2.75, 3.05) is 11.9 Å². The van der Waals surface area contributed by atoms with Gasteiger partial charge in [0.2, 0.25) is 11.9 Å². The summed E-state index contributed by atoms with van der Waals surface area (Å²) in [5.41, 5.74) is 5.51. The average molecular weight is 208 g/mol. The third-order valence-corrected chi connectivity index (χ3v) is 2.20. The Hall–Kier alpha value is -1.49. The molecule has 0 aromatic carbocycles. The fourth-order valence-electron chi connectivity index (χ4n) is 1.20. The van der Waals surface area contributed by atoms with Gasteiger partial charge in [0.1, 0.15) is 0 Å². The molecule has 0 saturated carbocycles. The molecule has 0 aliphatic carbocycles. The zero-order chi connectivity index (χ0) is 11.1. The summed E-state index contributed by atoms with van der Waals surface area (Å²) in [4.78, 5) is 19.3. The Morgan fingerprint density at radius 1 is 1.53 bits per heavy atom. The van der Waals surface area contributed by atoms with Crippen molar-refractivity contribution in [1.29, 1.82) is 0 Å². The predicted molar refractivity (Wildman–Crippen MR) is 58.1 cm³/mol. The number of rotatable bonds is 5. The van der Waals surface area contributed by atoms with Gasteiger partial charge in [0.15, 0.2) is 0 Å². The molecule has 5 nitrogen and oxygen atoms in total. The SMILES string of the molecule is CCC(CN)CC(=O)Nc1ncccn1. The Bertz CT molecular complexity index is 298. The number of amides is 1. The number of hydrogen-bond donors (Lipinski definition) is 2. The number of nitrogens with zero attached hydrogens (tertiary/aromatic N) is 2. The molecule has 15 heavy (non-hydrogen) atoms. The van der Waals surface area contributed by atoms with Crippen molar-refractivity contribution in [2.24, 2.45) is 11.7 Å². The van der Waals surface area contributed by atoms with Gasteiger partial charge in [0, 0.05) is 18.8 Å². The van der Waals surface area contributed by atoms with Crippen LogP contribution in [0.15, 0.2) is 18.5 Å². The number of nitrogens with one attached hydrogen (secondary N) is 1. The van der Waals surface area contributed by atoms with Gasteiger partial charge in [-0.2, -0.15) is 0 Å². The molecule has 1 rings (SSSR count). The maximum atomic E-state index is 11.5. The molecule has 0 fully saturated rings. The molecule has 1 aromatic heterocycles. The summed E-state index contributed by atoms with van der Waals surface area (Å²) in [5, 5.41) is 2.62. The van der Waals surface area contributed by atoms with E-state index in [9.17, 15) is 4.79 Å². The minimum absolute atomic E-state index is 0.0847. The van der Waals surface area contributed by atoms with Crippen LogP contribution in [0.5, 0.6) is 0 Å². The van der Waals surface area contributed by atoms with E-state index in [-0.39, 0.29) is 11.8 Å². The van der Waals surface area contributed by atoms with E-state index in [1.54, 1.807) is 18.5 Å². The second-order valence-electron chi connectivity index (χ2n) is 3.33. The molecule has 1 aromatic rings. The topological polar surface area (TPSA) is 80.9 Å². The standard InChI is InChI=1S/C10H16N4O/c1-2-8(7-11)6-9(15)14-10-12-4-3-5-13-10/h3-5,8H,2,6-7,11H2,1H3,(H,12,13,14,15). The van der Waals surface area contributed by atoms with E-state index in [1.807, 2.05) is 6.92 Å². The van der Waals surface area contributed by atoms with Crippen LogP contribution in [0.2, 0.25) is 0 Å². The van der Waals surface area contributed by atoms with Gasteiger partial charge < -0.3 is 5.73 Å². The van der Waals surface area contributed by atoms with Crippen LogP contribution in [-0.4, -0.2) is 22.4 Å². The van der Waals surface area contributed by atoms with Crippen molar-refractivity contribution < 1.29 is 4.79 Å². The minimum Gasteiger partial charge on any atom is -0.330 e. The van der Waals surface area contributed by atoms with Crippen LogP contribution in [0.3, 0.4) is 0 Å². The van der Waals surface area contributed by atoms with E-state index in [0.717, 1.165) is 6.42 Å². The van der Waals surface area contributed by atoms with Gasteiger partial charge in [0.25, 0.3) is 0 Å². The van der Waals surface area contributed by atoms with E-state index in [0.29, 0.717) is 18.9 Å². The van der Waals surface area contributed by atoms with Gasteiger partial charge in [-0.05, 0) is 18.5 Å². The minimum atomic E-state index is -0.0847. The highest BCUT2D eigenvalue weighted by Crippen LogP contribution is 2.07. The van der Waals surface area contributed by atoms with Crippen molar-refractivity contribution in [3.05, 3.63) is 18.5 Å². The fourth-order valence-corrected chi connectivity index (χ4v) is 1.20. The summed E-state index contributed by atoms with van der Waals surface area (Å²) in [6.45, 7) is 2.55. The zero-order valence-electron chi connectivity index (χ0n) is 8.81. The maximum absolute atomic E-state index is 11.5. The lowest BCUT2D eigenvalue weighted by Crippen LogP contribution is -2.22. The Morgan fingerprint density at radius 2 is 2.20 bits per heavy atom. The van der Waals surface area contributed by atoms with Crippen molar-refractivity contribution in [3.8, 4) is 0 Å². The van der Waals surface area contributed by atoms with Crippen molar-refractivity contribution >= 4 is 11.9 Å². The third kappa shape index (κ3) is 4.03. The molecule has 0 saturated heterocycles. The summed E-state index contributed by atoms with van der Waals surface area (Å²) >= 11 is 0. The number of carbonyl (C=O) groups excluding carboxylic acids is 1. The summed E-state index contributed by atoms with van der Waals surface area (Å²) in [6.07, 6.45) is 4.50. The lowest BCUT2D eigenvalue weighted by Gasteiger charge is -2.10. The molecule has 0 aliphatic rings. The van der Waals surface area contributed by atoms with Crippen LogP contribution in [0.1, 0.15) is 19.8 Å². The average Bonchev–Trinajstić information content (AvgIpc) is 2.27. The monoisotopic (exact) mass is 208 g/mol. The molecule has 0 spiro atoms. The summed E-state index contributed by atoms with van der Waals surface area (Å²) in [5.74, 6) is 0.488. The van der Waals surface area contributed by atoms with Crippen molar-refractivity contribution in [2.45, 2.75) is 19.8 Å². The molecular weight excluding hydrogens is 192 g/mol. The van der Waals surface area contributed by atoms with Crippen LogP contribution in [0.4, 0.5) is 5.95 Å². The van der Waals surface area contributed by atoms with Gasteiger partial charge in [-0.3, -0.25) is 10.1 Å². The van der Waals surface area contributed by atoms with E-state index < -0.39 is 0 Å². The highest BCUT2D eigenvalue weighted by atomic mass is 16.1. The van der Waals surface area contributed by atoms with E-state index in [2.05, 4.69) is 15.3 Å². The molecule has 0 radical (unpaired) electrons. The van der Waals surface area contributed by atoms with Crippen molar-refractivity contribution in [3.63, 3.8) is 0 Å². The molecule has 0 bridgehead atoms. The largest absolute Gasteiger partial charge is 0.330 e. The first-order valence-electron chi connectivity index (χ1n) is 5.03. The number of hydrogen-bond acceptors (Lipinski definition) is 4. The lowest BCUT2D eigenvalue weighted by atomic mass is 10.0. The first kappa shape index (κ1) is 11.6. The zero-order valence-corrected chi connectivity index (χ0v) is 8.81. The molecule has 1 heterocycles. The van der Waals surface area contributed by atoms with Crippen LogP contribution < -0.4 is 11.1 Å².